The van der Waals surface area contributed by atoms with E-state index in [2.05, 4.69) is 15.9 Å². The van der Waals surface area contributed by atoms with Crippen LogP contribution >= 0.6 is 15.9 Å². The van der Waals surface area contributed by atoms with E-state index >= 15 is 0 Å². The van der Waals surface area contributed by atoms with Gasteiger partial charge in [0.05, 0.1) is 0 Å². The Morgan fingerprint density at radius 2 is 1.91 bits per heavy atom. The number of amides is 1. The second-order valence-corrected chi connectivity index (χ2v) is 2.44. The molecular weight excluding hydrogens is 206 g/mol. The lowest BCUT2D eigenvalue weighted by Crippen LogP contribution is -2.18. The van der Waals surface area contributed by atoms with Crippen LogP contribution in [-0.2, 0) is 4.79 Å². The summed E-state index contributed by atoms with van der Waals surface area (Å²) in [5.41, 5.74) is 0. The highest BCUT2D eigenvalue weighted by atomic mass is 79.9. The van der Waals surface area contributed by atoms with Gasteiger partial charge in [0.15, 0.2) is 0 Å². The Hall–Kier alpha value is -0.310. The highest BCUT2D eigenvalue weighted by molar-refractivity contribution is 9.09. The standard InChI is InChI=1S/C6H10BrNO.C2H6/c1-8(2)6(9)4-3-5-7;1-2/h3-4H,5H2,1-2H3;1-2H3/b4-3+;. The van der Waals surface area contributed by atoms with E-state index < -0.39 is 0 Å². The second kappa shape index (κ2) is 9.69. The topological polar surface area (TPSA) is 20.3 Å². The van der Waals surface area contributed by atoms with Gasteiger partial charge in [-0.25, -0.2) is 0 Å². The molecule has 0 saturated heterocycles. The highest BCUT2D eigenvalue weighted by Crippen LogP contribution is 1.84. The summed E-state index contributed by atoms with van der Waals surface area (Å²) in [5, 5.41) is 0.729. The Balaban J connectivity index is 0. The average molecular weight is 222 g/mol. The summed E-state index contributed by atoms with van der Waals surface area (Å²) in [5.74, 6) is 0.0226. The number of carbonyl (C=O) groups excluding carboxylic acids is 1. The molecule has 0 rings (SSSR count). The summed E-state index contributed by atoms with van der Waals surface area (Å²) < 4.78 is 0. The zero-order chi connectivity index (χ0) is 9.28. The van der Waals surface area contributed by atoms with Gasteiger partial charge in [0.25, 0.3) is 0 Å². The molecule has 0 fully saturated rings. The summed E-state index contributed by atoms with van der Waals surface area (Å²) >= 11 is 3.17. The first kappa shape index (κ1) is 13.3. The van der Waals surface area contributed by atoms with Crippen LogP contribution in [0.4, 0.5) is 0 Å². The number of likely N-dealkylation sites (N-methyl/N-ethyl adjacent to an activating group) is 1. The minimum absolute atomic E-state index is 0.0226. The highest BCUT2D eigenvalue weighted by Gasteiger charge is 1.93. The molecule has 0 aromatic carbocycles. The maximum absolute atomic E-state index is 10.7. The number of allylic oxidation sites excluding steroid dienone is 1. The maximum atomic E-state index is 10.7. The van der Waals surface area contributed by atoms with Crippen molar-refractivity contribution in [2.24, 2.45) is 0 Å². The van der Waals surface area contributed by atoms with Crippen LogP contribution in [0.15, 0.2) is 12.2 Å². The van der Waals surface area contributed by atoms with Gasteiger partial charge in [0.1, 0.15) is 0 Å². The number of nitrogens with zero attached hydrogens (tertiary/aromatic N) is 1. The molecule has 0 atom stereocenters. The summed E-state index contributed by atoms with van der Waals surface area (Å²) in [7, 11) is 3.45. The van der Waals surface area contributed by atoms with Gasteiger partial charge in [-0.1, -0.05) is 35.9 Å². The van der Waals surface area contributed by atoms with Crippen molar-refractivity contribution < 1.29 is 4.79 Å². The van der Waals surface area contributed by atoms with Crippen LogP contribution in [0, 0.1) is 0 Å². The fraction of sp³-hybridized carbons (Fsp3) is 0.625. The monoisotopic (exact) mass is 221 g/mol. The van der Waals surface area contributed by atoms with Crippen LogP contribution in [0.3, 0.4) is 0 Å². The van der Waals surface area contributed by atoms with Gasteiger partial charge in [-0.15, -0.1) is 0 Å². The molecule has 0 heterocycles. The zero-order valence-electron chi connectivity index (χ0n) is 7.60. The summed E-state index contributed by atoms with van der Waals surface area (Å²) in [6, 6.07) is 0. The maximum Gasteiger partial charge on any atom is 0.245 e. The third-order valence-corrected chi connectivity index (χ3v) is 1.16. The molecule has 0 aliphatic rings. The number of halogens is 1. The van der Waals surface area contributed by atoms with E-state index in [1.165, 1.54) is 11.0 Å². The molecule has 11 heavy (non-hydrogen) atoms. The van der Waals surface area contributed by atoms with E-state index in [0.29, 0.717) is 0 Å². The van der Waals surface area contributed by atoms with Crippen molar-refractivity contribution in [3.63, 3.8) is 0 Å². The van der Waals surface area contributed by atoms with Crippen molar-refractivity contribution in [1.82, 2.24) is 4.90 Å². The second-order valence-electron chi connectivity index (χ2n) is 1.79. The third-order valence-electron chi connectivity index (χ3n) is 0.790. The Bertz CT molecular complexity index is 121. The molecule has 0 bridgehead atoms. The molecule has 1 amide bonds. The van der Waals surface area contributed by atoms with E-state index in [-0.39, 0.29) is 5.91 Å². The van der Waals surface area contributed by atoms with Crippen molar-refractivity contribution in [2.45, 2.75) is 13.8 Å². The fourth-order valence-electron chi connectivity index (χ4n) is 0.294. The molecule has 66 valence electrons. The number of carbonyl (C=O) groups is 1. The number of hydrogen-bond acceptors (Lipinski definition) is 1. The van der Waals surface area contributed by atoms with E-state index in [9.17, 15) is 4.79 Å². The van der Waals surface area contributed by atoms with Gasteiger partial charge in [0, 0.05) is 19.4 Å². The summed E-state index contributed by atoms with van der Waals surface area (Å²) in [6.45, 7) is 4.00. The first-order chi connectivity index (χ1) is 5.18. The molecule has 0 unspecified atom stereocenters. The molecule has 0 radical (unpaired) electrons. The minimum Gasteiger partial charge on any atom is -0.345 e. The minimum atomic E-state index is 0.0226. The molecule has 0 aromatic rings. The largest absolute Gasteiger partial charge is 0.345 e. The van der Waals surface area contributed by atoms with Crippen LogP contribution in [-0.4, -0.2) is 30.2 Å². The number of rotatable bonds is 2. The third kappa shape index (κ3) is 9.69. The van der Waals surface area contributed by atoms with Crippen LogP contribution < -0.4 is 0 Å². The van der Waals surface area contributed by atoms with E-state index in [1.54, 1.807) is 20.2 Å². The quantitative estimate of drug-likeness (QED) is 0.517. The van der Waals surface area contributed by atoms with Crippen molar-refractivity contribution in [3.8, 4) is 0 Å². The first-order valence-corrected chi connectivity index (χ1v) is 4.74. The summed E-state index contributed by atoms with van der Waals surface area (Å²) in [6.07, 6.45) is 3.30. The van der Waals surface area contributed by atoms with Gasteiger partial charge in [-0.3, -0.25) is 4.79 Å². The lowest BCUT2D eigenvalue weighted by molar-refractivity contribution is -0.123. The molecular formula is C8H16BrNO. The lowest BCUT2D eigenvalue weighted by atomic mass is 10.5. The molecule has 0 aliphatic carbocycles. The Morgan fingerprint density at radius 1 is 1.45 bits per heavy atom. The summed E-state index contributed by atoms with van der Waals surface area (Å²) in [4.78, 5) is 12.2. The molecule has 0 aromatic heterocycles. The van der Waals surface area contributed by atoms with Gasteiger partial charge >= 0.3 is 0 Å². The van der Waals surface area contributed by atoms with Gasteiger partial charge < -0.3 is 4.90 Å². The molecule has 2 nitrogen and oxygen atoms in total. The van der Waals surface area contributed by atoms with Crippen molar-refractivity contribution in [2.75, 3.05) is 19.4 Å². The van der Waals surface area contributed by atoms with Crippen molar-refractivity contribution in [3.05, 3.63) is 12.2 Å². The Kier molecular flexibility index (Phi) is 11.7. The van der Waals surface area contributed by atoms with E-state index in [4.69, 9.17) is 0 Å². The molecule has 0 spiro atoms. The van der Waals surface area contributed by atoms with Crippen molar-refractivity contribution >= 4 is 21.8 Å². The van der Waals surface area contributed by atoms with Gasteiger partial charge in [-0.05, 0) is 6.08 Å². The lowest BCUT2D eigenvalue weighted by Gasteiger charge is -2.04. The number of hydrogen-bond donors (Lipinski definition) is 0. The molecule has 0 aliphatic heterocycles. The Morgan fingerprint density at radius 3 is 2.18 bits per heavy atom. The predicted octanol–water partition coefficient (Wildman–Crippen LogP) is 2.05. The van der Waals surface area contributed by atoms with Crippen LogP contribution in [0.2, 0.25) is 0 Å². The van der Waals surface area contributed by atoms with Crippen LogP contribution in [0.5, 0.6) is 0 Å². The zero-order valence-corrected chi connectivity index (χ0v) is 9.18. The normalized spacial score (nSPS) is 8.82. The van der Waals surface area contributed by atoms with Gasteiger partial charge in [0.2, 0.25) is 5.91 Å². The molecule has 0 saturated carbocycles. The first-order valence-electron chi connectivity index (χ1n) is 3.62. The van der Waals surface area contributed by atoms with E-state index in [1.807, 2.05) is 13.8 Å². The average Bonchev–Trinajstić information content (AvgIpc) is 2.03. The number of alkyl halides is 1. The smallest absolute Gasteiger partial charge is 0.245 e. The fourth-order valence-corrected chi connectivity index (χ4v) is 0.481. The molecule has 3 heteroatoms. The SMILES string of the molecule is CC.CN(C)C(=O)/C=C/CBr. The van der Waals surface area contributed by atoms with Crippen LogP contribution in [0.1, 0.15) is 13.8 Å². The Labute approximate surface area is 77.4 Å². The predicted molar refractivity (Wildman–Crippen MR) is 53.0 cm³/mol. The molecule has 0 N–H and O–H groups in total. The van der Waals surface area contributed by atoms with Gasteiger partial charge in [-0.2, -0.15) is 0 Å². The van der Waals surface area contributed by atoms with E-state index in [0.717, 1.165) is 5.33 Å². The van der Waals surface area contributed by atoms with Crippen LogP contribution in [0.25, 0.3) is 0 Å². The van der Waals surface area contributed by atoms with Crippen molar-refractivity contribution in [1.29, 1.82) is 0 Å².